The van der Waals surface area contributed by atoms with Crippen molar-refractivity contribution in [1.29, 1.82) is 0 Å². The fourth-order valence-corrected chi connectivity index (χ4v) is 1.91. The summed E-state index contributed by atoms with van der Waals surface area (Å²) in [5.41, 5.74) is -0.165. The number of hydrogen-bond acceptors (Lipinski definition) is 2. The number of halogens is 3. The number of pyridine rings is 1. The number of carbonyl (C=O) groups excluding carboxylic acids is 1. The van der Waals surface area contributed by atoms with Gasteiger partial charge in [0.2, 0.25) is 0 Å². The summed E-state index contributed by atoms with van der Waals surface area (Å²) in [7, 11) is 0. The molecule has 0 fully saturated rings. The van der Waals surface area contributed by atoms with Crippen LogP contribution in [0.2, 0.25) is 0 Å². The van der Waals surface area contributed by atoms with Crippen LogP contribution in [0.25, 0.3) is 0 Å². The molecule has 116 valence electrons. The van der Waals surface area contributed by atoms with E-state index in [2.05, 4.69) is 5.32 Å². The highest BCUT2D eigenvalue weighted by molar-refractivity contribution is 5.94. The predicted molar refractivity (Wildman–Crippen MR) is 72.7 cm³/mol. The molecule has 1 amide bonds. The van der Waals surface area contributed by atoms with Gasteiger partial charge in [-0.2, -0.15) is 17.9 Å². The molecule has 22 heavy (non-hydrogen) atoms. The molecule has 1 N–H and O–H groups in total. The number of rotatable bonds is 3. The van der Waals surface area contributed by atoms with Crippen LogP contribution in [0.3, 0.4) is 0 Å². The Labute approximate surface area is 124 Å². The van der Waals surface area contributed by atoms with Gasteiger partial charge in [0.15, 0.2) is 12.4 Å². The average molecular weight is 310 g/mol. The molecule has 0 radical (unpaired) electrons. The molecule has 0 aliphatic heterocycles. The van der Waals surface area contributed by atoms with Gasteiger partial charge in [-0.3, -0.25) is 4.79 Å². The number of carbonyl (C=O) groups is 1. The zero-order chi connectivity index (χ0) is 16.3. The van der Waals surface area contributed by atoms with Gasteiger partial charge in [-0.15, -0.1) is 0 Å². The SMILES string of the molecule is CC(NC(=O)c1cc[n+]([O-])cc1)c1cccc(C(F)(F)F)c1. The van der Waals surface area contributed by atoms with Crippen molar-refractivity contribution in [2.45, 2.75) is 19.1 Å². The van der Waals surface area contributed by atoms with E-state index in [4.69, 9.17) is 0 Å². The summed E-state index contributed by atoms with van der Waals surface area (Å²) in [5, 5.41) is 13.5. The summed E-state index contributed by atoms with van der Waals surface area (Å²) in [6.07, 6.45) is -2.09. The van der Waals surface area contributed by atoms with Gasteiger partial charge >= 0.3 is 6.18 Å². The highest BCUT2D eigenvalue weighted by atomic mass is 19.4. The Kier molecular flexibility index (Phi) is 4.35. The lowest BCUT2D eigenvalue weighted by molar-refractivity contribution is -0.605. The van der Waals surface area contributed by atoms with E-state index in [9.17, 15) is 23.2 Å². The minimum atomic E-state index is -4.43. The van der Waals surface area contributed by atoms with Gasteiger partial charge in [0.05, 0.1) is 17.2 Å². The molecule has 0 saturated carbocycles. The van der Waals surface area contributed by atoms with E-state index in [1.54, 1.807) is 6.92 Å². The van der Waals surface area contributed by atoms with Crippen LogP contribution in [0.15, 0.2) is 48.8 Å². The van der Waals surface area contributed by atoms with Crippen molar-refractivity contribution in [3.63, 3.8) is 0 Å². The lowest BCUT2D eigenvalue weighted by Gasteiger charge is -2.16. The van der Waals surface area contributed by atoms with E-state index in [1.165, 1.54) is 36.7 Å². The first kappa shape index (κ1) is 15.8. The first-order valence-corrected chi connectivity index (χ1v) is 6.44. The number of hydrogen-bond donors (Lipinski definition) is 1. The Bertz CT molecular complexity index is 669. The van der Waals surface area contributed by atoms with Crippen LogP contribution < -0.4 is 10.0 Å². The topological polar surface area (TPSA) is 56.0 Å². The van der Waals surface area contributed by atoms with Gasteiger partial charge < -0.3 is 10.5 Å². The van der Waals surface area contributed by atoms with Crippen molar-refractivity contribution in [3.8, 4) is 0 Å². The van der Waals surface area contributed by atoms with Crippen LogP contribution in [0, 0.1) is 5.21 Å². The molecule has 1 atom stereocenters. The van der Waals surface area contributed by atoms with Crippen LogP contribution in [0.4, 0.5) is 13.2 Å². The molecule has 0 bridgehead atoms. The molecule has 0 spiro atoms. The number of nitrogens with zero attached hydrogens (tertiary/aromatic N) is 1. The second-order valence-corrected chi connectivity index (χ2v) is 4.77. The largest absolute Gasteiger partial charge is 0.619 e. The fourth-order valence-electron chi connectivity index (χ4n) is 1.91. The van der Waals surface area contributed by atoms with Crippen molar-refractivity contribution >= 4 is 5.91 Å². The summed E-state index contributed by atoms with van der Waals surface area (Å²) in [5.74, 6) is -0.467. The summed E-state index contributed by atoms with van der Waals surface area (Å²) in [6, 6.07) is 6.85. The zero-order valence-electron chi connectivity index (χ0n) is 11.6. The van der Waals surface area contributed by atoms with E-state index < -0.39 is 23.7 Å². The molecular formula is C15H13F3N2O2. The van der Waals surface area contributed by atoms with Crippen LogP contribution >= 0.6 is 0 Å². The Balaban J connectivity index is 2.13. The molecule has 0 aliphatic rings. The minimum Gasteiger partial charge on any atom is -0.619 e. The van der Waals surface area contributed by atoms with Crippen molar-refractivity contribution in [3.05, 3.63) is 70.7 Å². The first-order chi connectivity index (χ1) is 10.3. The number of nitrogens with one attached hydrogen (secondary N) is 1. The summed E-state index contributed by atoms with van der Waals surface area (Å²) in [6.45, 7) is 1.59. The third kappa shape index (κ3) is 3.75. The Morgan fingerprint density at radius 3 is 2.45 bits per heavy atom. The van der Waals surface area contributed by atoms with Gasteiger partial charge in [0, 0.05) is 12.1 Å². The van der Waals surface area contributed by atoms with Crippen molar-refractivity contribution < 1.29 is 22.7 Å². The smallest absolute Gasteiger partial charge is 0.416 e. The van der Waals surface area contributed by atoms with E-state index in [1.807, 2.05) is 0 Å². The second-order valence-electron chi connectivity index (χ2n) is 4.77. The van der Waals surface area contributed by atoms with Crippen molar-refractivity contribution in [1.82, 2.24) is 5.32 Å². The molecule has 1 heterocycles. The van der Waals surface area contributed by atoms with Crippen molar-refractivity contribution in [2.75, 3.05) is 0 Å². The Hall–Kier alpha value is -2.57. The molecule has 7 heteroatoms. The van der Waals surface area contributed by atoms with Gasteiger partial charge in [0.25, 0.3) is 5.91 Å². The van der Waals surface area contributed by atoms with Crippen LogP contribution in [-0.4, -0.2) is 5.91 Å². The van der Waals surface area contributed by atoms with E-state index >= 15 is 0 Å². The molecule has 2 rings (SSSR count). The average Bonchev–Trinajstić information content (AvgIpc) is 2.47. The minimum absolute atomic E-state index is 0.255. The Morgan fingerprint density at radius 2 is 1.86 bits per heavy atom. The van der Waals surface area contributed by atoms with Crippen LogP contribution in [0.5, 0.6) is 0 Å². The standard InChI is InChI=1S/C15H13F3N2O2/c1-10(12-3-2-4-13(9-12)15(16,17)18)19-14(21)11-5-7-20(22)8-6-11/h2-10H,1H3,(H,19,21). The number of alkyl halides is 3. The predicted octanol–water partition coefficient (Wildman–Crippen LogP) is 2.83. The maximum Gasteiger partial charge on any atom is 0.416 e. The summed E-state index contributed by atoms with van der Waals surface area (Å²) < 4.78 is 38.6. The fraction of sp³-hybridized carbons (Fsp3) is 0.200. The molecule has 1 aromatic carbocycles. The molecule has 4 nitrogen and oxygen atoms in total. The maximum absolute atomic E-state index is 12.7. The van der Waals surface area contributed by atoms with Gasteiger partial charge in [-0.1, -0.05) is 12.1 Å². The zero-order valence-corrected chi connectivity index (χ0v) is 11.6. The maximum atomic E-state index is 12.7. The molecule has 1 aromatic heterocycles. The monoisotopic (exact) mass is 310 g/mol. The number of aromatic nitrogens is 1. The number of amides is 1. The lowest BCUT2D eigenvalue weighted by Crippen LogP contribution is -2.29. The van der Waals surface area contributed by atoms with E-state index in [-0.39, 0.29) is 5.56 Å². The van der Waals surface area contributed by atoms with E-state index in [0.29, 0.717) is 10.3 Å². The molecule has 0 saturated heterocycles. The summed E-state index contributed by atoms with van der Waals surface area (Å²) in [4.78, 5) is 12.0. The molecule has 1 unspecified atom stereocenters. The molecule has 2 aromatic rings. The quantitative estimate of drug-likeness (QED) is 0.700. The normalized spacial score (nSPS) is 12.7. The highest BCUT2D eigenvalue weighted by Gasteiger charge is 2.30. The second kappa shape index (κ2) is 6.05. The summed E-state index contributed by atoms with van der Waals surface area (Å²) >= 11 is 0. The lowest BCUT2D eigenvalue weighted by atomic mass is 10.0. The molecular weight excluding hydrogens is 297 g/mol. The van der Waals surface area contributed by atoms with Crippen LogP contribution in [0.1, 0.15) is 34.5 Å². The van der Waals surface area contributed by atoms with Crippen molar-refractivity contribution in [2.24, 2.45) is 0 Å². The van der Waals surface area contributed by atoms with Crippen LogP contribution in [-0.2, 0) is 6.18 Å². The third-order valence-electron chi connectivity index (χ3n) is 3.13. The van der Waals surface area contributed by atoms with E-state index in [0.717, 1.165) is 12.1 Å². The van der Waals surface area contributed by atoms with Gasteiger partial charge in [-0.05, 0) is 24.6 Å². The van der Waals surface area contributed by atoms with Gasteiger partial charge in [-0.25, -0.2) is 0 Å². The number of benzene rings is 1. The Morgan fingerprint density at radius 1 is 1.23 bits per heavy atom. The van der Waals surface area contributed by atoms with Gasteiger partial charge in [0.1, 0.15) is 0 Å². The highest BCUT2D eigenvalue weighted by Crippen LogP contribution is 2.30. The molecule has 0 aliphatic carbocycles. The third-order valence-corrected chi connectivity index (χ3v) is 3.13. The first-order valence-electron chi connectivity index (χ1n) is 6.44.